The third kappa shape index (κ3) is 6.88. The number of hydrogen-bond donors (Lipinski definition) is 5. The Kier molecular flexibility index (Phi) is 7.44. The van der Waals surface area contributed by atoms with Crippen LogP contribution in [-0.2, 0) is 9.59 Å². The monoisotopic (exact) mass is 249 g/mol. The summed E-state index contributed by atoms with van der Waals surface area (Å²) in [5.74, 6) is -3.54. The van der Waals surface area contributed by atoms with Gasteiger partial charge in [-0.05, 0) is 26.3 Å². The van der Waals surface area contributed by atoms with Crippen molar-refractivity contribution in [1.82, 2.24) is 5.32 Å². The van der Waals surface area contributed by atoms with Gasteiger partial charge in [0.15, 0.2) is 12.2 Å². The molecule has 100 valence electrons. The molecule has 1 saturated heterocycles. The van der Waals surface area contributed by atoms with Crippen molar-refractivity contribution in [2.45, 2.75) is 44.4 Å². The number of rotatable bonds is 3. The first kappa shape index (κ1) is 15.8. The molecular weight excluding hydrogens is 230 g/mol. The average molecular weight is 249 g/mol. The van der Waals surface area contributed by atoms with Crippen molar-refractivity contribution in [3.8, 4) is 0 Å². The molecule has 1 heterocycles. The summed E-state index contributed by atoms with van der Waals surface area (Å²) in [5, 5.41) is 35.9. The average Bonchev–Trinajstić information content (AvgIpc) is 2.28. The van der Waals surface area contributed by atoms with Crippen LogP contribution in [0.2, 0.25) is 0 Å². The Morgan fingerprint density at radius 1 is 1.12 bits per heavy atom. The maximum atomic E-state index is 9.77. The largest absolute Gasteiger partial charge is 0.479 e. The number of aliphatic carboxylic acids is 2. The Labute approximate surface area is 99.1 Å². The van der Waals surface area contributed by atoms with E-state index >= 15 is 0 Å². The molecule has 5 N–H and O–H groups in total. The molecule has 1 rings (SSSR count). The van der Waals surface area contributed by atoms with Crippen LogP contribution in [0.5, 0.6) is 0 Å². The molecule has 0 aromatic rings. The molecule has 1 aliphatic rings. The second-order valence-corrected chi connectivity index (χ2v) is 3.92. The highest BCUT2D eigenvalue weighted by molar-refractivity contribution is 5.83. The standard InChI is InChI=1S/C6H13N.C4H6O6/c1-6-4-2-3-5-7-6;5-1(3(7)8)2(6)4(9)10/h6-7H,2-5H2,1H3;1-2,5-6H,(H,7,8)(H,9,10)/t6-;1-,2-/m11/s1. The smallest absolute Gasteiger partial charge is 0.335 e. The van der Waals surface area contributed by atoms with Crippen LogP contribution in [0.25, 0.3) is 0 Å². The zero-order chi connectivity index (χ0) is 13.4. The van der Waals surface area contributed by atoms with Gasteiger partial charge in [0.2, 0.25) is 0 Å². The zero-order valence-corrected chi connectivity index (χ0v) is 9.67. The molecule has 17 heavy (non-hydrogen) atoms. The van der Waals surface area contributed by atoms with Crippen LogP contribution < -0.4 is 5.32 Å². The molecule has 0 aromatic carbocycles. The van der Waals surface area contributed by atoms with Gasteiger partial charge < -0.3 is 25.7 Å². The van der Waals surface area contributed by atoms with Crippen LogP contribution in [0.4, 0.5) is 0 Å². The molecule has 0 radical (unpaired) electrons. The van der Waals surface area contributed by atoms with Gasteiger partial charge >= 0.3 is 11.9 Å². The normalized spacial score (nSPS) is 22.9. The van der Waals surface area contributed by atoms with Crippen molar-refractivity contribution in [1.29, 1.82) is 0 Å². The summed E-state index contributed by atoms with van der Waals surface area (Å²) in [6.45, 7) is 3.49. The lowest BCUT2D eigenvalue weighted by Crippen LogP contribution is -2.39. The Morgan fingerprint density at radius 3 is 1.76 bits per heavy atom. The van der Waals surface area contributed by atoms with Crippen LogP contribution in [-0.4, -0.2) is 57.2 Å². The first-order chi connectivity index (χ1) is 7.86. The molecule has 7 heteroatoms. The van der Waals surface area contributed by atoms with E-state index in [1.54, 1.807) is 0 Å². The number of aliphatic hydroxyl groups is 2. The van der Waals surface area contributed by atoms with Gasteiger partial charge in [-0.1, -0.05) is 6.42 Å². The fourth-order valence-electron chi connectivity index (χ4n) is 1.30. The van der Waals surface area contributed by atoms with Crippen LogP contribution in [0.15, 0.2) is 0 Å². The number of piperidine rings is 1. The fraction of sp³-hybridized carbons (Fsp3) is 0.800. The molecule has 0 bridgehead atoms. The Hall–Kier alpha value is -1.18. The van der Waals surface area contributed by atoms with Crippen molar-refractivity contribution in [2.75, 3.05) is 6.54 Å². The van der Waals surface area contributed by atoms with E-state index in [-0.39, 0.29) is 0 Å². The molecule has 0 spiro atoms. The molecule has 3 atom stereocenters. The third-order valence-corrected chi connectivity index (χ3v) is 2.36. The fourth-order valence-corrected chi connectivity index (χ4v) is 1.30. The zero-order valence-electron chi connectivity index (χ0n) is 9.67. The maximum absolute atomic E-state index is 9.77. The molecule has 0 aliphatic carbocycles. The highest BCUT2D eigenvalue weighted by atomic mass is 16.4. The van der Waals surface area contributed by atoms with Gasteiger partial charge in [-0.15, -0.1) is 0 Å². The van der Waals surface area contributed by atoms with Crippen molar-refractivity contribution < 1.29 is 30.0 Å². The third-order valence-electron chi connectivity index (χ3n) is 2.36. The van der Waals surface area contributed by atoms with E-state index < -0.39 is 24.1 Å². The lowest BCUT2D eigenvalue weighted by molar-refractivity contribution is -0.165. The first-order valence-electron chi connectivity index (χ1n) is 5.41. The minimum atomic E-state index is -2.27. The predicted molar refractivity (Wildman–Crippen MR) is 58.6 cm³/mol. The molecule has 0 amide bonds. The van der Waals surface area contributed by atoms with Crippen LogP contribution >= 0.6 is 0 Å². The summed E-state index contributed by atoms with van der Waals surface area (Å²) < 4.78 is 0. The van der Waals surface area contributed by atoms with E-state index in [2.05, 4.69) is 12.2 Å². The number of hydrogen-bond acceptors (Lipinski definition) is 5. The summed E-state index contributed by atoms with van der Waals surface area (Å²) in [6, 6.07) is 0.786. The van der Waals surface area contributed by atoms with Gasteiger partial charge in [0.1, 0.15) is 0 Å². The van der Waals surface area contributed by atoms with Gasteiger partial charge in [-0.3, -0.25) is 0 Å². The Morgan fingerprint density at radius 2 is 1.59 bits per heavy atom. The quantitative estimate of drug-likeness (QED) is 0.435. The second-order valence-electron chi connectivity index (χ2n) is 3.92. The molecule has 1 aliphatic heterocycles. The van der Waals surface area contributed by atoms with Gasteiger partial charge in [0.05, 0.1) is 0 Å². The molecule has 0 saturated carbocycles. The van der Waals surface area contributed by atoms with Crippen LogP contribution in [0, 0.1) is 0 Å². The lowest BCUT2D eigenvalue weighted by atomic mass is 10.1. The van der Waals surface area contributed by atoms with Gasteiger partial charge in [0, 0.05) is 6.04 Å². The topological polar surface area (TPSA) is 127 Å². The molecular formula is C10H19NO6. The van der Waals surface area contributed by atoms with Crippen molar-refractivity contribution in [3.63, 3.8) is 0 Å². The first-order valence-corrected chi connectivity index (χ1v) is 5.41. The van der Waals surface area contributed by atoms with Gasteiger partial charge in [-0.25, -0.2) is 9.59 Å². The second kappa shape index (κ2) is 7.99. The molecule has 0 unspecified atom stereocenters. The van der Waals surface area contributed by atoms with E-state index in [0.29, 0.717) is 0 Å². The van der Waals surface area contributed by atoms with Gasteiger partial charge in [-0.2, -0.15) is 0 Å². The van der Waals surface area contributed by atoms with Crippen molar-refractivity contribution in [3.05, 3.63) is 0 Å². The predicted octanol–water partition coefficient (Wildman–Crippen LogP) is -0.974. The summed E-state index contributed by atoms with van der Waals surface area (Å²) >= 11 is 0. The summed E-state index contributed by atoms with van der Waals surface area (Å²) in [5.41, 5.74) is 0. The minimum absolute atomic E-state index is 0.786. The summed E-state index contributed by atoms with van der Waals surface area (Å²) in [4.78, 5) is 19.5. The van der Waals surface area contributed by atoms with Crippen LogP contribution in [0.1, 0.15) is 26.2 Å². The van der Waals surface area contributed by atoms with E-state index in [4.69, 9.17) is 20.4 Å². The number of aliphatic hydroxyl groups excluding tert-OH is 2. The van der Waals surface area contributed by atoms with E-state index in [0.717, 1.165) is 6.04 Å². The molecule has 1 fully saturated rings. The van der Waals surface area contributed by atoms with Crippen molar-refractivity contribution >= 4 is 11.9 Å². The highest BCUT2D eigenvalue weighted by Gasteiger charge is 2.29. The summed E-state index contributed by atoms with van der Waals surface area (Å²) in [7, 11) is 0. The van der Waals surface area contributed by atoms with E-state index in [1.165, 1.54) is 25.8 Å². The SMILES string of the molecule is C[C@@H]1CCCCN1.O=C(O)[C@H](O)[C@@H](O)C(=O)O. The van der Waals surface area contributed by atoms with Crippen LogP contribution in [0.3, 0.4) is 0 Å². The Bertz CT molecular complexity index is 233. The van der Waals surface area contributed by atoms with Gasteiger partial charge in [0.25, 0.3) is 0 Å². The Balaban J connectivity index is 0.000000318. The van der Waals surface area contributed by atoms with E-state index in [9.17, 15) is 9.59 Å². The number of carboxylic acid groups (broad SMARTS) is 2. The molecule has 0 aromatic heterocycles. The van der Waals surface area contributed by atoms with Crippen molar-refractivity contribution in [2.24, 2.45) is 0 Å². The highest BCUT2D eigenvalue weighted by Crippen LogP contribution is 2.04. The number of nitrogens with one attached hydrogen (secondary N) is 1. The number of carboxylic acids is 2. The molecule has 7 nitrogen and oxygen atoms in total. The maximum Gasteiger partial charge on any atom is 0.335 e. The minimum Gasteiger partial charge on any atom is -0.479 e. The lowest BCUT2D eigenvalue weighted by Gasteiger charge is -2.18. The number of carbonyl (C=O) groups is 2. The van der Waals surface area contributed by atoms with E-state index in [1.807, 2.05) is 0 Å². The summed E-state index contributed by atoms with van der Waals surface area (Å²) in [6.07, 6.45) is -0.353.